The molecule has 0 bridgehead atoms. The number of benzene rings is 1. The van der Waals surface area contributed by atoms with Crippen molar-refractivity contribution in [1.82, 2.24) is 0 Å². The Balaban J connectivity index is 2.67. The number of carboxylic acids is 1. The fraction of sp³-hybridized carbons (Fsp3) is 0.462. The number of hydrogen-bond donors (Lipinski definition) is 1. The van der Waals surface area contributed by atoms with E-state index < -0.39 is 5.97 Å². The summed E-state index contributed by atoms with van der Waals surface area (Å²) in [6, 6.07) is 6.17. The molecule has 1 aromatic rings. The van der Waals surface area contributed by atoms with Crippen molar-refractivity contribution in [3.05, 3.63) is 30.1 Å². The van der Waals surface area contributed by atoms with Gasteiger partial charge in [0.05, 0.1) is 6.42 Å². The topological polar surface area (TPSA) is 40.5 Å². The largest absolute Gasteiger partial charge is 0.481 e. The number of nitrogens with zero attached hydrogens (tertiary/aromatic N) is 1. The minimum absolute atomic E-state index is 0.0983. The summed E-state index contributed by atoms with van der Waals surface area (Å²) in [5, 5.41) is 8.69. The Kier molecular flexibility index (Phi) is 5.46. The number of aliphatic carboxylic acids is 1. The molecule has 0 unspecified atom stereocenters. The first-order chi connectivity index (χ1) is 8.13. The third-order valence-corrected chi connectivity index (χ3v) is 2.57. The van der Waals surface area contributed by atoms with Crippen LogP contribution >= 0.6 is 0 Å². The molecule has 0 fully saturated rings. The molecule has 94 valence electrons. The van der Waals surface area contributed by atoms with Crippen LogP contribution in [0.5, 0.6) is 0 Å². The molecule has 0 aliphatic rings. The number of rotatable bonds is 7. The highest BCUT2D eigenvalue weighted by molar-refractivity contribution is 5.67. The summed E-state index contributed by atoms with van der Waals surface area (Å²) >= 11 is 0. The predicted molar refractivity (Wildman–Crippen MR) is 65.8 cm³/mol. The first kappa shape index (κ1) is 13.5. The maximum absolute atomic E-state index is 12.8. The van der Waals surface area contributed by atoms with Crippen LogP contribution in [0.2, 0.25) is 0 Å². The highest BCUT2D eigenvalue weighted by Gasteiger charge is 2.08. The van der Waals surface area contributed by atoms with E-state index in [9.17, 15) is 9.18 Å². The predicted octanol–water partition coefficient (Wildman–Crippen LogP) is 2.91. The molecule has 0 aliphatic carbocycles. The van der Waals surface area contributed by atoms with Gasteiger partial charge in [-0.3, -0.25) is 4.79 Å². The normalized spacial score (nSPS) is 10.2. The molecular weight excluding hydrogens is 221 g/mol. The lowest BCUT2D eigenvalue weighted by molar-refractivity contribution is -0.136. The summed E-state index contributed by atoms with van der Waals surface area (Å²) < 4.78 is 12.8. The maximum atomic E-state index is 12.8. The smallest absolute Gasteiger partial charge is 0.305 e. The van der Waals surface area contributed by atoms with Crippen molar-refractivity contribution >= 4 is 11.7 Å². The standard InChI is InChI=1S/C13H18FNO2/c1-2-3-9-15(10-8-13(16)17)12-6-4-11(14)5-7-12/h4-7H,2-3,8-10H2,1H3,(H,16,17). The second kappa shape index (κ2) is 6.89. The van der Waals surface area contributed by atoms with Crippen LogP contribution in [0, 0.1) is 5.82 Å². The lowest BCUT2D eigenvalue weighted by Crippen LogP contribution is -2.27. The second-order valence-electron chi connectivity index (χ2n) is 3.96. The van der Waals surface area contributed by atoms with Gasteiger partial charge in [0.1, 0.15) is 5.82 Å². The summed E-state index contributed by atoms with van der Waals surface area (Å²) in [7, 11) is 0. The van der Waals surface area contributed by atoms with E-state index in [-0.39, 0.29) is 12.2 Å². The first-order valence-electron chi connectivity index (χ1n) is 5.85. The molecule has 1 N–H and O–H groups in total. The Morgan fingerprint density at radius 3 is 2.47 bits per heavy atom. The number of unbranched alkanes of at least 4 members (excludes halogenated alkanes) is 1. The van der Waals surface area contributed by atoms with Crippen molar-refractivity contribution in [2.75, 3.05) is 18.0 Å². The van der Waals surface area contributed by atoms with Gasteiger partial charge in [0.15, 0.2) is 0 Å². The van der Waals surface area contributed by atoms with Gasteiger partial charge < -0.3 is 10.0 Å². The number of anilines is 1. The van der Waals surface area contributed by atoms with E-state index in [2.05, 4.69) is 6.92 Å². The monoisotopic (exact) mass is 239 g/mol. The van der Waals surface area contributed by atoms with Crippen LogP contribution in [0.1, 0.15) is 26.2 Å². The second-order valence-corrected chi connectivity index (χ2v) is 3.96. The molecular formula is C13H18FNO2. The number of carboxylic acid groups (broad SMARTS) is 1. The van der Waals surface area contributed by atoms with E-state index in [1.807, 2.05) is 4.90 Å². The number of hydrogen-bond acceptors (Lipinski definition) is 2. The van der Waals surface area contributed by atoms with Gasteiger partial charge in [0, 0.05) is 18.8 Å². The molecule has 0 aromatic heterocycles. The van der Waals surface area contributed by atoms with E-state index in [1.165, 1.54) is 12.1 Å². The van der Waals surface area contributed by atoms with Crippen LogP contribution in [-0.2, 0) is 4.79 Å². The van der Waals surface area contributed by atoms with E-state index >= 15 is 0 Å². The Morgan fingerprint density at radius 1 is 1.29 bits per heavy atom. The zero-order valence-electron chi connectivity index (χ0n) is 10.0. The summed E-state index contributed by atoms with van der Waals surface area (Å²) in [4.78, 5) is 12.6. The number of halogens is 1. The van der Waals surface area contributed by atoms with E-state index in [4.69, 9.17) is 5.11 Å². The molecule has 4 heteroatoms. The minimum Gasteiger partial charge on any atom is -0.481 e. The van der Waals surface area contributed by atoms with E-state index in [0.29, 0.717) is 6.54 Å². The van der Waals surface area contributed by atoms with Crippen LogP contribution in [0.15, 0.2) is 24.3 Å². The number of carbonyl (C=O) groups is 1. The third kappa shape index (κ3) is 4.85. The molecule has 17 heavy (non-hydrogen) atoms. The maximum Gasteiger partial charge on any atom is 0.305 e. The molecule has 0 heterocycles. The minimum atomic E-state index is -0.811. The van der Waals surface area contributed by atoms with Gasteiger partial charge in [0.25, 0.3) is 0 Å². The summed E-state index contributed by atoms with van der Waals surface area (Å²) in [5.74, 6) is -1.09. The van der Waals surface area contributed by atoms with Crippen molar-refractivity contribution in [3.8, 4) is 0 Å². The van der Waals surface area contributed by atoms with Crippen LogP contribution in [0.3, 0.4) is 0 Å². The summed E-state index contributed by atoms with van der Waals surface area (Å²) in [6.07, 6.45) is 2.14. The van der Waals surface area contributed by atoms with Crippen LogP contribution < -0.4 is 4.90 Å². The lowest BCUT2D eigenvalue weighted by Gasteiger charge is -2.24. The molecule has 1 rings (SSSR count). The van der Waals surface area contributed by atoms with Crippen molar-refractivity contribution in [3.63, 3.8) is 0 Å². The van der Waals surface area contributed by atoms with Gasteiger partial charge in [-0.15, -0.1) is 0 Å². The molecule has 0 atom stereocenters. The SMILES string of the molecule is CCCCN(CCC(=O)O)c1ccc(F)cc1. The first-order valence-corrected chi connectivity index (χ1v) is 5.85. The Labute approximate surface area is 101 Å². The highest BCUT2D eigenvalue weighted by atomic mass is 19.1. The van der Waals surface area contributed by atoms with Crippen molar-refractivity contribution in [2.24, 2.45) is 0 Å². The van der Waals surface area contributed by atoms with Gasteiger partial charge in [-0.05, 0) is 30.7 Å². The van der Waals surface area contributed by atoms with E-state index in [0.717, 1.165) is 25.1 Å². The molecule has 0 amide bonds. The molecule has 3 nitrogen and oxygen atoms in total. The molecule has 0 saturated heterocycles. The quantitative estimate of drug-likeness (QED) is 0.795. The van der Waals surface area contributed by atoms with Crippen molar-refractivity contribution in [1.29, 1.82) is 0 Å². The Bertz CT molecular complexity index is 351. The average molecular weight is 239 g/mol. The lowest BCUT2D eigenvalue weighted by atomic mass is 10.2. The summed E-state index contributed by atoms with van der Waals surface area (Å²) in [6.45, 7) is 3.34. The molecule has 0 saturated carbocycles. The highest BCUT2D eigenvalue weighted by Crippen LogP contribution is 2.16. The van der Waals surface area contributed by atoms with Crippen molar-refractivity contribution in [2.45, 2.75) is 26.2 Å². The van der Waals surface area contributed by atoms with Gasteiger partial charge in [-0.1, -0.05) is 13.3 Å². The van der Waals surface area contributed by atoms with Gasteiger partial charge in [0.2, 0.25) is 0 Å². The zero-order chi connectivity index (χ0) is 12.7. The third-order valence-electron chi connectivity index (χ3n) is 2.57. The van der Waals surface area contributed by atoms with Gasteiger partial charge >= 0.3 is 5.97 Å². The van der Waals surface area contributed by atoms with Crippen LogP contribution in [0.25, 0.3) is 0 Å². The van der Waals surface area contributed by atoms with Gasteiger partial charge in [-0.25, -0.2) is 4.39 Å². The fourth-order valence-electron chi connectivity index (χ4n) is 1.60. The Morgan fingerprint density at radius 2 is 1.94 bits per heavy atom. The van der Waals surface area contributed by atoms with E-state index in [1.54, 1.807) is 12.1 Å². The van der Waals surface area contributed by atoms with Crippen LogP contribution in [-0.4, -0.2) is 24.2 Å². The molecule has 1 aromatic carbocycles. The van der Waals surface area contributed by atoms with Crippen molar-refractivity contribution < 1.29 is 14.3 Å². The Hall–Kier alpha value is -1.58. The van der Waals surface area contributed by atoms with Crippen LogP contribution in [0.4, 0.5) is 10.1 Å². The zero-order valence-corrected chi connectivity index (χ0v) is 10.0. The molecule has 0 radical (unpaired) electrons. The summed E-state index contributed by atoms with van der Waals surface area (Å²) in [5.41, 5.74) is 0.876. The molecule has 0 aliphatic heterocycles. The average Bonchev–Trinajstić information content (AvgIpc) is 2.30. The fourth-order valence-corrected chi connectivity index (χ4v) is 1.60. The van der Waals surface area contributed by atoms with Gasteiger partial charge in [-0.2, -0.15) is 0 Å². The molecule has 0 spiro atoms.